The normalized spacial score (nSPS) is 11.3. The number of nitrogens with zero attached hydrogens (tertiary/aromatic N) is 4. The van der Waals surface area contributed by atoms with Crippen molar-refractivity contribution in [3.63, 3.8) is 0 Å². The number of tetrazole rings is 1. The third kappa shape index (κ3) is 3.96. The summed E-state index contributed by atoms with van der Waals surface area (Å²) in [6.07, 6.45) is 1.37. The van der Waals surface area contributed by atoms with E-state index in [0.717, 1.165) is 0 Å². The lowest BCUT2D eigenvalue weighted by molar-refractivity contribution is -0.0498. The number of allylic oxidation sites excluding steroid dienone is 1. The first-order chi connectivity index (χ1) is 10.1. The van der Waals surface area contributed by atoms with Crippen LogP contribution in [0, 0.1) is 11.3 Å². The molecule has 0 fully saturated rings. The predicted octanol–water partition coefficient (Wildman–Crippen LogP) is 2.54. The predicted molar refractivity (Wildman–Crippen MR) is 72.2 cm³/mol. The fourth-order valence-corrected chi connectivity index (χ4v) is 1.83. The SMILES string of the molecule is N#CC(=CNc1ccc(OC(F)F)cc1Br)c1nn[nH]n1. The molecule has 0 bridgehead atoms. The van der Waals surface area contributed by atoms with Gasteiger partial charge in [-0.3, -0.25) is 0 Å². The number of anilines is 1. The van der Waals surface area contributed by atoms with E-state index in [1.165, 1.54) is 24.4 Å². The Morgan fingerprint density at radius 3 is 2.90 bits per heavy atom. The highest BCUT2D eigenvalue weighted by molar-refractivity contribution is 9.10. The van der Waals surface area contributed by atoms with Gasteiger partial charge in [-0.25, -0.2) is 0 Å². The Bertz CT molecular complexity index is 683. The quantitative estimate of drug-likeness (QED) is 0.798. The van der Waals surface area contributed by atoms with Gasteiger partial charge < -0.3 is 10.1 Å². The van der Waals surface area contributed by atoms with Gasteiger partial charge in [0, 0.05) is 10.7 Å². The number of aromatic nitrogens is 4. The van der Waals surface area contributed by atoms with Gasteiger partial charge in [0.25, 0.3) is 0 Å². The van der Waals surface area contributed by atoms with E-state index in [4.69, 9.17) is 5.26 Å². The van der Waals surface area contributed by atoms with Crippen molar-refractivity contribution in [2.24, 2.45) is 0 Å². The molecule has 7 nitrogen and oxygen atoms in total. The average molecular weight is 357 g/mol. The molecule has 2 aromatic rings. The summed E-state index contributed by atoms with van der Waals surface area (Å²) in [6.45, 7) is -2.89. The van der Waals surface area contributed by atoms with Gasteiger partial charge in [0.1, 0.15) is 17.4 Å². The molecule has 21 heavy (non-hydrogen) atoms. The first-order valence-corrected chi connectivity index (χ1v) is 6.24. The van der Waals surface area contributed by atoms with E-state index in [2.05, 4.69) is 46.6 Å². The lowest BCUT2D eigenvalue weighted by Gasteiger charge is -2.08. The molecule has 108 valence electrons. The fourth-order valence-electron chi connectivity index (χ4n) is 1.36. The van der Waals surface area contributed by atoms with E-state index >= 15 is 0 Å². The van der Waals surface area contributed by atoms with Crippen LogP contribution in [0.4, 0.5) is 14.5 Å². The Labute approximate surface area is 125 Å². The zero-order valence-corrected chi connectivity index (χ0v) is 11.8. The number of hydrogen-bond donors (Lipinski definition) is 2. The molecule has 0 spiro atoms. The minimum absolute atomic E-state index is 0.0186. The van der Waals surface area contributed by atoms with Gasteiger partial charge >= 0.3 is 6.61 Å². The van der Waals surface area contributed by atoms with E-state index in [0.29, 0.717) is 10.2 Å². The largest absolute Gasteiger partial charge is 0.435 e. The van der Waals surface area contributed by atoms with Crippen LogP contribution in [0.15, 0.2) is 28.9 Å². The van der Waals surface area contributed by atoms with E-state index in [-0.39, 0.29) is 17.1 Å². The monoisotopic (exact) mass is 356 g/mol. The van der Waals surface area contributed by atoms with Crippen molar-refractivity contribution in [3.8, 4) is 11.8 Å². The number of ether oxygens (including phenoxy) is 1. The van der Waals surface area contributed by atoms with E-state index in [9.17, 15) is 8.78 Å². The van der Waals surface area contributed by atoms with E-state index in [1.54, 1.807) is 0 Å². The van der Waals surface area contributed by atoms with E-state index < -0.39 is 6.61 Å². The highest BCUT2D eigenvalue weighted by Gasteiger charge is 2.08. The number of hydrogen-bond acceptors (Lipinski definition) is 6. The van der Waals surface area contributed by atoms with Crippen LogP contribution in [0.1, 0.15) is 5.82 Å². The highest BCUT2D eigenvalue weighted by atomic mass is 79.9. The topological polar surface area (TPSA) is 99.5 Å². The van der Waals surface area contributed by atoms with Crippen molar-refractivity contribution in [2.75, 3.05) is 5.32 Å². The van der Waals surface area contributed by atoms with Crippen LogP contribution in [0.25, 0.3) is 5.57 Å². The number of rotatable bonds is 5. The van der Waals surface area contributed by atoms with Crippen LogP contribution in [-0.4, -0.2) is 27.2 Å². The molecular formula is C11H7BrF2N6O. The van der Waals surface area contributed by atoms with Crippen molar-refractivity contribution < 1.29 is 13.5 Å². The maximum Gasteiger partial charge on any atom is 0.387 e. The second-order valence-electron chi connectivity index (χ2n) is 3.57. The zero-order chi connectivity index (χ0) is 15.2. The Morgan fingerprint density at radius 2 is 2.33 bits per heavy atom. The molecule has 1 heterocycles. The Hall–Kier alpha value is -2.54. The van der Waals surface area contributed by atoms with Crippen molar-refractivity contribution in [1.82, 2.24) is 20.6 Å². The smallest absolute Gasteiger partial charge is 0.387 e. The van der Waals surface area contributed by atoms with Crippen LogP contribution < -0.4 is 10.1 Å². The van der Waals surface area contributed by atoms with E-state index in [1.807, 2.05) is 6.07 Å². The molecule has 0 radical (unpaired) electrons. The van der Waals surface area contributed by atoms with Gasteiger partial charge in [-0.1, -0.05) is 0 Å². The molecule has 0 aliphatic heterocycles. The van der Waals surface area contributed by atoms with Crippen molar-refractivity contribution in [2.45, 2.75) is 6.61 Å². The summed E-state index contributed by atoms with van der Waals surface area (Å²) in [5.74, 6) is 0.156. The molecule has 0 unspecified atom stereocenters. The molecule has 10 heteroatoms. The molecule has 1 aromatic carbocycles. The summed E-state index contributed by atoms with van der Waals surface area (Å²) in [6, 6.07) is 6.17. The molecule has 1 aromatic heterocycles. The molecule has 0 atom stereocenters. The van der Waals surface area contributed by atoms with Gasteiger partial charge in [0.15, 0.2) is 0 Å². The summed E-state index contributed by atoms with van der Waals surface area (Å²) in [5, 5.41) is 24.8. The summed E-state index contributed by atoms with van der Waals surface area (Å²) < 4.78 is 28.9. The lowest BCUT2D eigenvalue weighted by Crippen LogP contribution is -2.02. The van der Waals surface area contributed by atoms with Gasteiger partial charge in [-0.2, -0.15) is 19.3 Å². The van der Waals surface area contributed by atoms with Crippen molar-refractivity contribution in [1.29, 1.82) is 5.26 Å². The maximum absolute atomic E-state index is 12.1. The summed E-state index contributed by atoms with van der Waals surface area (Å²) in [4.78, 5) is 0. The summed E-state index contributed by atoms with van der Waals surface area (Å²) in [5.41, 5.74) is 0.705. The minimum atomic E-state index is -2.89. The molecule has 0 amide bonds. The number of H-pyrrole nitrogens is 1. The molecule has 0 saturated carbocycles. The molecule has 2 rings (SSSR count). The first kappa shape index (κ1) is 14.9. The van der Waals surface area contributed by atoms with Crippen LogP contribution in [0.3, 0.4) is 0 Å². The third-order valence-corrected chi connectivity index (χ3v) is 2.90. The second kappa shape index (κ2) is 6.76. The fraction of sp³-hybridized carbons (Fsp3) is 0.0909. The van der Waals surface area contributed by atoms with Gasteiger partial charge in [-0.15, -0.1) is 10.2 Å². The standard InChI is InChI=1S/C11H7BrF2N6O/c12-8-3-7(21-11(13)14)1-2-9(8)16-5-6(4-15)10-17-19-20-18-10/h1-3,5,11,16H,(H,17,18,19,20). The number of alkyl halides is 2. The minimum Gasteiger partial charge on any atom is -0.435 e. The molecule has 0 saturated heterocycles. The zero-order valence-electron chi connectivity index (χ0n) is 10.2. The third-order valence-electron chi connectivity index (χ3n) is 2.24. The molecule has 0 aliphatic rings. The Morgan fingerprint density at radius 1 is 1.52 bits per heavy atom. The number of aromatic amines is 1. The van der Waals surface area contributed by atoms with Crippen molar-refractivity contribution in [3.05, 3.63) is 34.7 Å². The van der Waals surface area contributed by atoms with Gasteiger partial charge in [-0.05, 0) is 39.3 Å². The number of nitrogens with one attached hydrogen (secondary N) is 2. The van der Waals surface area contributed by atoms with Gasteiger partial charge in [0.2, 0.25) is 5.82 Å². The number of benzene rings is 1. The lowest BCUT2D eigenvalue weighted by atomic mass is 10.3. The molecular weight excluding hydrogens is 350 g/mol. The highest BCUT2D eigenvalue weighted by Crippen LogP contribution is 2.28. The Balaban J connectivity index is 2.15. The van der Waals surface area contributed by atoms with Crippen LogP contribution in [0.5, 0.6) is 5.75 Å². The maximum atomic E-state index is 12.1. The second-order valence-corrected chi connectivity index (χ2v) is 4.42. The van der Waals surface area contributed by atoms with Crippen LogP contribution in [0.2, 0.25) is 0 Å². The Kier molecular flexibility index (Phi) is 4.78. The number of nitriles is 1. The molecule has 2 N–H and O–H groups in total. The van der Waals surface area contributed by atoms with Crippen LogP contribution >= 0.6 is 15.9 Å². The summed E-state index contributed by atoms with van der Waals surface area (Å²) >= 11 is 3.21. The number of halogens is 3. The van der Waals surface area contributed by atoms with Crippen LogP contribution in [-0.2, 0) is 0 Å². The summed E-state index contributed by atoms with van der Waals surface area (Å²) in [7, 11) is 0. The van der Waals surface area contributed by atoms with Crippen molar-refractivity contribution >= 4 is 27.2 Å². The first-order valence-electron chi connectivity index (χ1n) is 5.45. The van der Waals surface area contributed by atoms with Gasteiger partial charge in [0.05, 0.1) is 5.69 Å². The molecule has 0 aliphatic carbocycles. The average Bonchev–Trinajstić information content (AvgIpc) is 2.95.